The van der Waals surface area contributed by atoms with Gasteiger partial charge in [0.2, 0.25) is 17.9 Å². The van der Waals surface area contributed by atoms with E-state index in [0.29, 0.717) is 17.9 Å². The Morgan fingerprint density at radius 1 is 0.317 bits per heavy atom. The Hall–Kier alpha value is -1.74. The third-order valence-electron chi connectivity index (χ3n) is 16.1. The van der Waals surface area contributed by atoms with Crippen molar-refractivity contribution in [2.45, 2.75) is 265 Å². The van der Waals surface area contributed by atoms with Crippen molar-refractivity contribution in [2.24, 2.45) is 14.3 Å². The van der Waals surface area contributed by atoms with E-state index in [-0.39, 0.29) is 45.9 Å². The summed E-state index contributed by atoms with van der Waals surface area (Å²) in [6.45, 7) is 15.8. The van der Waals surface area contributed by atoms with E-state index >= 15 is 0 Å². The van der Waals surface area contributed by atoms with E-state index in [4.69, 9.17) is 32.1 Å². The molecule has 0 spiro atoms. The fraction of sp³-hybridized carbons (Fsp3) is 0.951. The lowest BCUT2D eigenvalue weighted by molar-refractivity contribution is 0.165. The van der Waals surface area contributed by atoms with Crippen molar-refractivity contribution in [3.63, 3.8) is 0 Å². The van der Waals surface area contributed by atoms with Crippen LogP contribution in [0.2, 0.25) is 0 Å². The van der Waals surface area contributed by atoms with Gasteiger partial charge in [-0.3, -0.25) is 22.6 Å². The van der Waals surface area contributed by atoms with Gasteiger partial charge >= 0.3 is 23.2 Å². The molecule has 0 aliphatic carbocycles. The van der Waals surface area contributed by atoms with Crippen LogP contribution in [0.15, 0.2) is 14.3 Å². The molecule has 21 heteroatoms. The zero-order valence-electron chi connectivity index (χ0n) is 53.6. The molecule has 3 atom stereocenters. The predicted molar refractivity (Wildman–Crippen MR) is 343 cm³/mol. The molecule has 0 bridgehead atoms. The maximum atomic E-state index is 14.8. The van der Waals surface area contributed by atoms with Crippen molar-refractivity contribution in [2.75, 3.05) is 113 Å². The lowest BCUT2D eigenvalue weighted by Gasteiger charge is -2.23. The van der Waals surface area contributed by atoms with E-state index in [2.05, 4.69) is 47.2 Å². The Labute approximate surface area is 502 Å². The summed E-state index contributed by atoms with van der Waals surface area (Å²) in [6, 6.07) is 0. The Bertz CT molecular complexity index is 1850. The number of unbranched alkanes of at least 4 members (excludes halogenated alkanes) is 31. The summed E-state index contributed by atoms with van der Waals surface area (Å²) in [5.41, 5.74) is 0. The second-order valence-corrected chi connectivity index (χ2v) is 28.4. The molecule has 3 aliphatic heterocycles. The highest BCUT2D eigenvalue weighted by molar-refractivity contribution is 7.53. The maximum Gasteiger partial charge on any atom is 0.457 e. The molecule has 1 N–H and O–H groups in total. The van der Waals surface area contributed by atoms with Crippen LogP contribution in [0.3, 0.4) is 0 Å². The second kappa shape index (κ2) is 46.4. The van der Waals surface area contributed by atoms with E-state index in [1.807, 2.05) is 35.8 Å². The molecule has 0 radical (unpaired) electrons. The first-order chi connectivity index (χ1) is 39.8. The van der Waals surface area contributed by atoms with Gasteiger partial charge in [-0.15, -0.1) is 14.3 Å². The van der Waals surface area contributed by atoms with Gasteiger partial charge in [-0.25, -0.2) is 13.7 Å². The Morgan fingerprint density at radius 2 is 0.549 bits per heavy atom. The van der Waals surface area contributed by atoms with Crippen molar-refractivity contribution in [1.82, 2.24) is 29.4 Å². The molecule has 0 aromatic rings. The number of hydrogen-bond donors (Lipinski definition) is 1. The average molecular weight is 1220 g/mol. The lowest BCUT2D eigenvalue weighted by Crippen LogP contribution is -2.32. The van der Waals surface area contributed by atoms with Crippen LogP contribution in [0.1, 0.15) is 265 Å². The highest BCUT2D eigenvalue weighted by Crippen LogP contribution is 2.53. The zero-order chi connectivity index (χ0) is 59.4. The highest BCUT2D eigenvalue weighted by atomic mass is 31.2. The highest BCUT2D eigenvalue weighted by Gasteiger charge is 2.34. The Kier molecular flexibility index (Phi) is 42.2. The molecular weight excluding hydrogens is 1100 g/mol. The summed E-state index contributed by atoms with van der Waals surface area (Å²) in [5, 5.41) is 0. The van der Waals surface area contributed by atoms with E-state index < -0.39 is 23.2 Å². The van der Waals surface area contributed by atoms with Gasteiger partial charge in [0.05, 0.1) is 33.0 Å². The van der Waals surface area contributed by atoms with Crippen LogP contribution in [0.25, 0.3) is 0 Å². The molecule has 0 amide bonds. The quantitative estimate of drug-likeness (QED) is 0.0450. The molecule has 3 saturated heterocycles. The number of likely N-dealkylation sites (N-methyl/N-ethyl adjacent to an activating group) is 3. The van der Waals surface area contributed by atoms with Gasteiger partial charge in [0, 0.05) is 80.0 Å². The molecule has 82 heavy (non-hydrogen) atoms. The van der Waals surface area contributed by atoms with Crippen LogP contribution in [0.4, 0.5) is 0 Å². The molecule has 482 valence electrons. The summed E-state index contributed by atoms with van der Waals surface area (Å²) in [5.74, 6) is 1.67. The molecule has 0 aromatic heterocycles. The molecule has 0 aromatic carbocycles. The van der Waals surface area contributed by atoms with Crippen molar-refractivity contribution < 1.29 is 41.2 Å². The Morgan fingerprint density at radius 3 is 0.841 bits per heavy atom. The minimum atomic E-state index is -4.37. The van der Waals surface area contributed by atoms with Crippen LogP contribution in [-0.2, 0) is 36.3 Å². The molecular formula is C61H124N9O9P3. The van der Waals surface area contributed by atoms with Crippen LogP contribution in [-0.4, -0.2) is 165 Å². The summed E-state index contributed by atoms with van der Waals surface area (Å²) in [7, 11) is -6.67. The fourth-order valence-corrected chi connectivity index (χ4v) is 14.6. The summed E-state index contributed by atoms with van der Waals surface area (Å²) in [4.78, 5) is 23.3. The maximum absolute atomic E-state index is 14.8. The second-order valence-electron chi connectivity index (χ2n) is 23.7. The van der Waals surface area contributed by atoms with Crippen LogP contribution in [0, 0.1) is 0 Å². The monoisotopic (exact) mass is 1220 g/mol. The third kappa shape index (κ3) is 34.0. The van der Waals surface area contributed by atoms with Gasteiger partial charge in [-0.2, -0.15) is 0 Å². The molecule has 3 rings (SSSR count). The van der Waals surface area contributed by atoms with E-state index in [1.54, 1.807) is 0 Å². The summed E-state index contributed by atoms with van der Waals surface area (Å²) >= 11 is 0. The SMILES string of the molecule is CCCCCCCCCCCCN1CCN(C)C1=NP(=O)(O)OCCCOP(=O)(N=C1N(C)CCN1CCCCCCCCCCCC)OCCCOP(=O)(N=C1N(C)CCN1CCCCCCCCCCCC)OCCCCCCC. The standard InChI is InChI=1S/C61H124N9O9P3/c1-8-12-16-20-23-26-29-32-35-39-45-68-51-48-65(5)59(68)62-80(71,72)75-55-43-56-77-82(74,64-61-67(7)50-53-70(61)47-41-37-34-31-28-25-22-18-14-10-3)79-58-44-57-78-81(73,76-54-42-38-19-15-11-4)63-60-66(6)49-52-69(60)46-40-36-33-30-27-24-21-17-13-9-2/h8-58H2,1-7H3,(H,71,72). The van der Waals surface area contributed by atoms with E-state index in [0.717, 1.165) is 130 Å². The number of guanidine groups is 3. The van der Waals surface area contributed by atoms with E-state index in [9.17, 15) is 18.6 Å². The molecule has 0 saturated carbocycles. The largest absolute Gasteiger partial charge is 0.457 e. The third-order valence-corrected chi connectivity index (χ3v) is 19.9. The van der Waals surface area contributed by atoms with Gasteiger partial charge in [0.25, 0.3) is 0 Å². The van der Waals surface area contributed by atoms with Crippen molar-refractivity contribution in [3.05, 3.63) is 0 Å². The normalized spacial score (nSPS) is 18.8. The molecule has 18 nitrogen and oxygen atoms in total. The molecule has 3 heterocycles. The van der Waals surface area contributed by atoms with Crippen molar-refractivity contribution in [3.8, 4) is 0 Å². The van der Waals surface area contributed by atoms with Crippen molar-refractivity contribution >= 4 is 41.1 Å². The topological polar surface area (TPSA) is 174 Å². The minimum absolute atomic E-state index is 0.0125. The average Bonchev–Trinajstić information content (AvgIpc) is 4.22. The fourth-order valence-electron chi connectivity index (χ4n) is 10.8. The first-order valence-corrected chi connectivity index (χ1v) is 38.3. The van der Waals surface area contributed by atoms with Gasteiger partial charge in [-0.05, 0) is 38.5 Å². The van der Waals surface area contributed by atoms with Gasteiger partial charge in [0.15, 0.2) is 0 Å². The van der Waals surface area contributed by atoms with E-state index in [1.165, 1.54) is 154 Å². The number of rotatable bonds is 55. The van der Waals surface area contributed by atoms with Gasteiger partial charge in [-0.1, -0.05) is 227 Å². The van der Waals surface area contributed by atoms with Gasteiger partial charge in [0.1, 0.15) is 0 Å². The molecule has 3 unspecified atom stereocenters. The first-order valence-electron chi connectivity index (χ1n) is 33.7. The van der Waals surface area contributed by atoms with Gasteiger partial charge < -0.3 is 34.3 Å². The molecule has 3 fully saturated rings. The zero-order valence-corrected chi connectivity index (χ0v) is 56.3. The minimum Gasteiger partial charge on any atom is -0.344 e. The Balaban J connectivity index is 1.64. The van der Waals surface area contributed by atoms with Crippen molar-refractivity contribution in [1.29, 1.82) is 0 Å². The summed E-state index contributed by atoms with van der Waals surface area (Å²) in [6.07, 6.45) is 43.0. The smallest absolute Gasteiger partial charge is 0.344 e. The summed E-state index contributed by atoms with van der Waals surface area (Å²) < 4.78 is 86.3. The number of hydrogen-bond acceptors (Lipinski definition) is 8. The van der Waals surface area contributed by atoms with Crippen LogP contribution >= 0.6 is 23.2 Å². The van der Waals surface area contributed by atoms with Crippen LogP contribution < -0.4 is 0 Å². The lowest BCUT2D eigenvalue weighted by atomic mass is 10.1. The number of nitrogens with zero attached hydrogens (tertiary/aromatic N) is 9. The molecule has 3 aliphatic rings. The van der Waals surface area contributed by atoms with Crippen LogP contribution in [0.5, 0.6) is 0 Å². The predicted octanol–water partition coefficient (Wildman–Crippen LogP) is 16.7. The first kappa shape index (κ1) is 74.5.